The van der Waals surface area contributed by atoms with Crippen molar-refractivity contribution in [2.45, 2.75) is 6.42 Å². The average Bonchev–Trinajstić information content (AvgIpc) is 1.87. The van der Waals surface area contributed by atoms with E-state index in [4.69, 9.17) is 0 Å². The molecule has 2 heterocycles. The molecule has 0 aromatic rings. The summed E-state index contributed by atoms with van der Waals surface area (Å²) in [7, 11) is 0. The van der Waals surface area contributed by atoms with Gasteiger partial charge in [0, 0.05) is 19.5 Å². The molecular formula is C7H15N2+. The van der Waals surface area contributed by atoms with Gasteiger partial charge >= 0.3 is 0 Å². The first kappa shape index (κ1) is 5.69. The first-order valence-corrected chi connectivity index (χ1v) is 3.97. The van der Waals surface area contributed by atoms with Crippen molar-refractivity contribution in [1.29, 1.82) is 0 Å². The maximum absolute atomic E-state index is 3.39. The first-order valence-electron chi connectivity index (χ1n) is 3.97. The van der Waals surface area contributed by atoms with Gasteiger partial charge in [-0.25, -0.2) is 0 Å². The standard InChI is InChI=1S/C7H15N2/c1-4-9(5-1)6-2-8-3-7-9/h8H,1-7H2/q+1. The highest BCUT2D eigenvalue weighted by atomic mass is 15.4. The SMILES string of the molecule is C1C[N+]2(C1)CCNCC2. The van der Waals surface area contributed by atoms with Crippen LogP contribution in [0.15, 0.2) is 0 Å². The third-order valence-corrected chi connectivity index (χ3v) is 2.79. The normalized spacial score (nSPS) is 32.0. The molecule has 2 saturated heterocycles. The minimum atomic E-state index is 1.25. The molecule has 1 N–H and O–H groups in total. The fourth-order valence-corrected chi connectivity index (χ4v) is 1.92. The van der Waals surface area contributed by atoms with Crippen LogP contribution in [-0.4, -0.2) is 43.8 Å². The van der Waals surface area contributed by atoms with Gasteiger partial charge in [-0.05, 0) is 0 Å². The molecule has 0 unspecified atom stereocenters. The van der Waals surface area contributed by atoms with Gasteiger partial charge < -0.3 is 9.80 Å². The lowest BCUT2D eigenvalue weighted by molar-refractivity contribution is -0.964. The van der Waals surface area contributed by atoms with Gasteiger partial charge in [0.2, 0.25) is 0 Å². The molecule has 9 heavy (non-hydrogen) atoms. The molecule has 2 fully saturated rings. The zero-order valence-corrected chi connectivity index (χ0v) is 5.90. The van der Waals surface area contributed by atoms with E-state index in [1.165, 1.54) is 50.2 Å². The molecule has 2 heteroatoms. The van der Waals surface area contributed by atoms with E-state index in [0.717, 1.165) is 0 Å². The smallest absolute Gasteiger partial charge is 0.0913 e. The lowest BCUT2D eigenvalue weighted by atomic mass is 10.1. The lowest BCUT2D eigenvalue weighted by Gasteiger charge is -2.48. The summed E-state index contributed by atoms with van der Waals surface area (Å²) < 4.78 is 1.44. The molecule has 0 aromatic heterocycles. The zero-order valence-electron chi connectivity index (χ0n) is 5.90. The number of quaternary nitrogens is 1. The van der Waals surface area contributed by atoms with Crippen molar-refractivity contribution in [3.63, 3.8) is 0 Å². The molecule has 0 atom stereocenters. The van der Waals surface area contributed by atoms with E-state index in [2.05, 4.69) is 5.32 Å². The monoisotopic (exact) mass is 127 g/mol. The second kappa shape index (κ2) is 1.96. The molecule has 0 aliphatic carbocycles. The van der Waals surface area contributed by atoms with Crippen LogP contribution < -0.4 is 5.32 Å². The maximum Gasteiger partial charge on any atom is 0.0913 e. The molecule has 2 aliphatic rings. The molecule has 52 valence electrons. The van der Waals surface area contributed by atoms with Crippen LogP contribution in [0.4, 0.5) is 0 Å². The van der Waals surface area contributed by atoms with Crippen molar-refractivity contribution < 1.29 is 4.48 Å². The number of piperazine rings is 1. The van der Waals surface area contributed by atoms with Crippen molar-refractivity contribution in [3.05, 3.63) is 0 Å². The maximum atomic E-state index is 3.39. The van der Waals surface area contributed by atoms with Crippen molar-refractivity contribution in [1.82, 2.24) is 5.32 Å². The van der Waals surface area contributed by atoms with E-state index in [1.54, 1.807) is 0 Å². The highest BCUT2D eigenvalue weighted by molar-refractivity contribution is 4.63. The van der Waals surface area contributed by atoms with Crippen LogP contribution in [0, 0.1) is 0 Å². The minimum Gasteiger partial charge on any atom is -0.321 e. The van der Waals surface area contributed by atoms with Crippen LogP contribution in [0.1, 0.15) is 6.42 Å². The summed E-state index contributed by atoms with van der Waals surface area (Å²) in [6.45, 7) is 8.20. The van der Waals surface area contributed by atoms with Gasteiger partial charge in [-0.15, -0.1) is 0 Å². The number of rotatable bonds is 0. The second-order valence-electron chi connectivity index (χ2n) is 3.34. The van der Waals surface area contributed by atoms with E-state index in [-0.39, 0.29) is 0 Å². The van der Waals surface area contributed by atoms with E-state index >= 15 is 0 Å². The minimum absolute atomic E-state index is 1.25. The number of hydrogen-bond acceptors (Lipinski definition) is 1. The summed E-state index contributed by atoms with van der Waals surface area (Å²) in [4.78, 5) is 0. The van der Waals surface area contributed by atoms with E-state index < -0.39 is 0 Å². The fourth-order valence-electron chi connectivity index (χ4n) is 1.92. The molecule has 0 aromatic carbocycles. The van der Waals surface area contributed by atoms with Crippen molar-refractivity contribution in [3.8, 4) is 0 Å². The van der Waals surface area contributed by atoms with Gasteiger partial charge in [0.1, 0.15) is 0 Å². The van der Waals surface area contributed by atoms with Crippen LogP contribution >= 0.6 is 0 Å². The highest BCUT2D eigenvalue weighted by Gasteiger charge is 2.35. The summed E-state index contributed by atoms with van der Waals surface area (Å²) in [6.07, 6.45) is 1.47. The van der Waals surface area contributed by atoms with Crippen molar-refractivity contribution in [2.75, 3.05) is 39.3 Å². The van der Waals surface area contributed by atoms with Crippen LogP contribution in [-0.2, 0) is 0 Å². The van der Waals surface area contributed by atoms with Crippen molar-refractivity contribution >= 4 is 0 Å². The molecule has 2 aliphatic heterocycles. The Morgan fingerprint density at radius 2 is 1.56 bits per heavy atom. The summed E-state index contributed by atoms with van der Waals surface area (Å²) in [5, 5.41) is 3.39. The fraction of sp³-hybridized carbons (Fsp3) is 1.00. The topological polar surface area (TPSA) is 12.0 Å². The molecule has 1 spiro atoms. The predicted octanol–water partition coefficient (Wildman–Crippen LogP) is -0.190. The Kier molecular flexibility index (Phi) is 1.24. The molecule has 0 saturated carbocycles. The van der Waals surface area contributed by atoms with Crippen LogP contribution in [0.5, 0.6) is 0 Å². The van der Waals surface area contributed by atoms with Crippen LogP contribution in [0.25, 0.3) is 0 Å². The summed E-state index contributed by atoms with van der Waals surface area (Å²) in [6, 6.07) is 0. The Bertz CT molecular complexity index is 99.5. The molecule has 2 nitrogen and oxygen atoms in total. The van der Waals surface area contributed by atoms with E-state index in [0.29, 0.717) is 0 Å². The Balaban J connectivity index is 1.93. The van der Waals surface area contributed by atoms with Gasteiger partial charge in [-0.2, -0.15) is 0 Å². The number of nitrogens with one attached hydrogen (secondary N) is 1. The average molecular weight is 127 g/mol. The van der Waals surface area contributed by atoms with Crippen LogP contribution in [0.3, 0.4) is 0 Å². The third-order valence-electron chi connectivity index (χ3n) is 2.79. The second-order valence-corrected chi connectivity index (χ2v) is 3.34. The molecule has 0 amide bonds. The predicted molar refractivity (Wildman–Crippen MR) is 37.2 cm³/mol. The van der Waals surface area contributed by atoms with Gasteiger partial charge in [0.25, 0.3) is 0 Å². The Labute approximate surface area is 56.4 Å². The summed E-state index contributed by atoms with van der Waals surface area (Å²) >= 11 is 0. The van der Waals surface area contributed by atoms with Crippen LogP contribution in [0.2, 0.25) is 0 Å². The van der Waals surface area contributed by atoms with Gasteiger partial charge in [-0.1, -0.05) is 0 Å². The molecule has 0 bridgehead atoms. The van der Waals surface area contributed by atoms with Gasteiger partial charge in [-0.3, -0.25) is 0 Å². The Morgan fingerprint density at radius 3 is 1.89 bits per heavy atom. The number of nitrogens with zero attached hydrogens (tertiary/aromatic N) is 1. The lowest BCUT2D eigenvalue weighted by Crippen LogP contribution is -2.65. The first-order chi connectivity index (χ1) is 4.41. The third kappa shape index (κ3) is 0.864. The van der Waals surface area contributed by atoms with E-state index in [1.807, 2.05) is 0 Å². The van der Waals surface area contributed by atoms with Gasteiger partial charge in [0.05, 0.1) is 26.2 Å². The largest absolute Gasteiger partial charge is 0.321 e. The summed E-state index contributed by atoms with van der Waals surface area (Å²) in [5.74, 6) is 0. The quantitative estimate of drug-likeness (QED) is 0.445. The highest BCUT2D eigenvalue weighted by Crippen LogP contribution is 2.19. The molecular weight excluding hydrogens is 112 g/mol. The van der Waals surface area contributed by atoms with Gasteiger partial charge in [0.15, 0.2) is 0 Å². The number of hydrogen-bond donors (Lipinski definition) is 1. The molecule has 2 rings (SSSR count). The molecule has 0 radical (unpaired) electrons. The Morgan fingerprint density at radius 1 is 0.889 bits per heavy atom. The van der Waals surface area contributed by atoms with E-state index in [9.17, 15) is 0 Å². The zero-order chi connectivity index (χ0) is 6.16. The Hall–Kier alpha value is -0.0800. The van der Waals surface area contributed by atoms with Crippen molar-refractivity contribution in [2.24, 2.45) is 0 Å². The summed E-state index contributed by atoms with van der Waals surface area (Å²) in [5.41, 5.74) is 0.